The van der Waals surface area contributed by atoms with Crippen LogP contribution in [0.5, 0.6) is 0 Å². The minimum atomic E-state index is -0.908. The van der Waals surface area contributed by atoms with Crippen molar-refractivity contribution in [3.05, 3.63) is 0 Å². The van der Waals surface area contributed by atoms with Crippen molar-refractivity contribution in [1.29, 1.82) is 0 Å². The molecule has 0 radical (unpaired) electrons. The van der Waals surface area contributed by atoms with Gasteiger partial charge in [-0.25, -0.2) is 0 Å². The maximum absolute atomic E-state index is 11.6. The van der Waals surface area contributed by atoms with Crippen LogP contribution >= 0.6 is 0 Å². The van der Waals surface area contributed by atoms with Gasteiger partial charge in [-0.15, -0.1) is 0 Å². The molecule has 5 heteroatoms. The lowest BCUT2D eigenvalue weighted by molar-refractivity contribution is -0.140. The summed E-state index contributed by atoms with van der Waals surface area (Å²) in [6.07, 6.45) is 1.38. The molecule has 2 unspecified atom stereocenters. The highest BCUT2D eigenvalue weighted by Gasteiger charge is 2.23. The number of carboxylic acids is 1. The zero-order valence-electron chi connectivity index (χ0n) is 11.1. The molecule has 5 nitrogen and oxygen atoms in total. The molecule has 0 saturated carbocycles. The van der Waals surface area contributed by atoms with Gasteiger partial charge in [0.2, 0.25) is 5.91 Å². The third kappa shape index (κ3) is 6.94. The van der Waals surface area contributed by atoms with E-state index in [-0.39, 0.29) is 11.8 Å². The first-order valence-corrected chi connectivity index (χ1v) is 6.15. The molecule has 0 aliphatic rings. The summed E-state index contributed by atoms with van der Waals surface area (Å²) < 4.78 is 0. The molecule has 17 heavy (non-hydrogen) atoms. The number of carbonyl (C=O) groups is 2. The Morgan fingerprint density at radius 3 is 2.24 bits per heavy atom. The Bertz CT molecular complexity index is 254. The Balaban J connectivity index is 4.24. The van der Waals surface area contributed by atoms with Crippen molar-refractivity contribution >= 4 is 11.9 Å². The minimum Gasteiger partial charge on any atom is -0.480 e. The first-order valence-electron chi connectivity index (χ1n) is 6.15. The molecule has 1 amide bonds. The summed E-state index contributed by atoms with van der Waals surface area (Å²) in [6, 6.07) is -1.15. The lowest BCUT2D eigenvalue weighted by atomic mass is 10.0. The molecule has 0 rings (SSSR count). The van der Waals surface area contributed by atoms with Crippen LogP contribution in [0, 0.1) is 5.92 Å². The molecular formula is C12H24N2O3. The average Bonchev–Trinajstić information content (AvgIpc) is 2.23. The molecule has 0 aromatic carbocycles. The summed E-state index contributed by atoms with van der Waals surface area (Å²) in [6.45, 7) is 8.18. The van der Waals surface area contributed by atoms with Crippen LogP contribution in [-0.4, -0.2) is 35.6 Å². The van der Waals surface area contributed by atoms with Crippen molar-refractivity contribution in [2.75, 3.05) is 6.54 Å². The third-order valence-electron chi connectivity index (χ3n) is 2.40. The van der Waals surface area contributed by atoms with E-state index >= 15 is 0 Å². The zero-order chi connectivity index (χ0) is 13.4. The van der Waals surface area contributed by atoms with Crippen molar-refractivity contribution in [2.45, 2.75) is 52.6 Å². The molecular weight excluding hydrogens is 220 g/mol. The van der Waals surface area contributed by atoms with Crippen molar-refractivity contribution in [3.8, 4) is 0 Å². The largest absolute Gasteiger partial charge is 0.480 e. The van der Waals surface area contributed by atoms with Gasteiger partial charge in [0, 0.05) is 6.54 Å². The predicted octanol–water partition coefficient (Wildman–Crippen LogP) is 0.990. The Kier molecular flexibility index (Phi) is 7.54. The molecule has 0 aromatic rings. The molecule has 2 atom stereocenters. The Morgan fingerprint density at radius 1 is 1.24 bits per heavy atom. The van der Waals surface area contributed by atoms with Crippen LogP contribution < -0.4 is 10.6 Å². The van der Waals surface area contributed by atoms with Gasteiger partial charge in [0.15, 0.2) is 0 Å². The van der Waals surface area contributed by atoms with E-state index in [9.17, 15) is 9.59 Å². The van der Waals surface area contributed by atoms with Gasteiger partial charge in [-0.2, -0.15) is 0 Å². The highest BCUT2D eigenvalue weighted by Crippen LogP contribution is 2.05. The zero-order valence-corrected chi connectivity index (χ0v) is 11.1. The number of hydrogen-bond donors (Lipinski definition) is 3. The first-order chi connectivity index (χ1) is 7.88. The average molecular weight is 244 g/mol. The van der Waals surface area contributed by atoms with Crippen molar-refractivity contribution in [3.63, 3.8) is 0 Å². The number of hydrogen-bond acceptors (Lipinski definition) is 3. The van der Waals surface area contributed by atoms with Gasteiger partial charge >= 0.3 is 5.97 Å². The summed E-state index contributed by atoms with van der Waals surface area (Å²) >= 11 is 0. The predicted molar refractivity (Wildman–Crippen MR) is 66.8 cm³/mol. The van der Waals surface area contributed by atoms with E-state index in [1.807, 2.05) is 20.8 Å². The molecule has 0 aliphatic heterocycles. The van der Waals surface area contributed by atoms with Gasteiger partial charge in [0.1, 0.15) is 6.04 Å². The van der Waals surface area contributed by atoms with E-state index < -0.39 is 18.1 Å². The third-order valence-corrected chi connectivity index (χ3v) is 2.40. The van der Waals surface area contributed by atoms with E-state index in [2.05, 4.69) is 10.6 Å². The van der Waals surface area contributed by atoms with Crippen LogP contribution in [-0.2, 0) is 9.59 Å². The molecule has 0 spiro atoms. The summed E-state index contributed by atoms with van der Waals surface area (Å²) in [7, 11) is 0. The molecule has 0 saturated heterocycles. The molecule has 0 fully saturated rings. The summed E-state index contributed by atoms with van der Waals surface area (Å²) in [5.41, 5.74) is 0. The molecule has 100 valence electrons. The normalized spacial score (nSPS) is 14.4. The second kappa shape index (κ2) is 8.06. The van der Waals surface area contributed by atoms with E-state index in [0.717, 1.165) is 6.42 Å². The fourth-order valence-corrected chi connectivity index (χ4v) is 1.49. The molecule has 3 N–H and O–H groups in total. The van der Waals surface area contributed by atoms with Crippen LogP contribution in [0.1, 0.15) is 40.5 Å². The maximum atomic E-state index is 11.6. The molecule has 0 bridgehead atoms. The highest BCUT2D eigenvalue weighted by molar-refractivity contribution is 5.82. The lowest BCUT2D eigenvalue weighted by Crippen LogP contribution is -2.49. The summed E-state index contributed by atoms with van der Waals surface area (Å²) in [4.78, 5) is 22.6. The van der Waals surface area contributed by atoms with E-state index in [1.165, 1.54) is 0 Å². The smallest absolute Gasteiger partial charge is 0.320 e. The standard InChI is InChI=1S/C12H24N2O3/c1-5-6-13-11(15)9(4)14-10(12(16)17)7-8(2)3/h8-10,14H,5-7H2,1-4H3,(H,13,15)(H,16,17). The Labute approximate surface area is 103 Å². The second-order valence-corrected chi connectivity index (χ2v) is 4.70. The Hall–Kier alpha value is -1.10. The summed E-state index contributed by atoms with van der Waals surface area (Å²) in [5, 5.41) is 14.6. The van der Waals surface area contributed by atoms with E-state index in [1.54, 1.807) is 6.92 Å². The monoisotopic (exact) mass is 244 g/mol. The lowest BCUT2D eigenvalue weighted by Gasteiger charge is -2.21. The van der Waals surface area contributed by atoms with Gasteiger partial charge in [0.05, 0.1) is 6.04 Å². The van der Waals surface area contributed by atoms with Crippen molar-refractivity contribution < 1.29 is 14.7 Å². The number of amides is 1. The van der Waals surface area contributed by atoms with Gasteiger partial charge in [0.25, 0.3) is 0 Å². The van der Waals surface area contributed by atoms with Crippen LogP contribution in [0.2, 0.25) is 0 Å². The van der Waals surface area contributed by atoms with Crippen LogP contribution in [0.4, 0.5) is 0 Å². The fraction of sp³-hybridized carbons (Fsp3) is 0.833. The van der Waals surface area contributed by atoms with Gasteiger partial charge in [-0.3, -0.25) is 14.9 Å². The number of carboxylic acid groups (broad SMARTS) is 1. The topological polar surface area (TPSA) is 78.4 Å². The number of aliphatic carboxylic acids is 1. The maximum Gasteiger partial charge on any atom is 0.320 e. The summed E-state index contributed by atoms with van der Waals surface area (Å²) in [5.74, 6) is -0.787. The van der Waals surface area contributed by atoms with Crippen molar-refractivity contribution in [2.24, 2.45) is 5.92 Å². The first kappa shape index (κ1) is 15.9. The number of nitrogens with one attached hydrogen (secondary N) is 2. The van der Waals surface area contributed by atoms with E-state index in [4.69, 9.17) is 5.11 Å². The van der Waals surface area contributed by atoms with Crippen LogP contribution in [0.25, 0.3) is 0 Å². The van der Waals surface area contributed by atoms with Crippen molar-refractivity contribution in [1.82, 2.24) is 10.6 Å². The fourth-order valence-electron chi connectivity index (χ4n) is 1.49. The van der Waals surface area contributed by atoms with Crippen LogP contribution in [0.15, 0.2) is 0 Å². The second-order valence-electron chi connectivity index (χ2n) is 4.70. The SMILES string of the molecule is CCCNC(=O)C(C)NC(CC(C)C)C(=O)O. The van der Waals surface area contributed by atoms with E-state index in [0.29, 0.717) is 13.0 Å². The molecule has 0 aromatic heterocycles. The molecule has 0 aliphatic carbocycles. The van der Waals surface area contributed by atoms with Gasteiger partial charge < -0.3 is 10.4 Å². The van der Waals surface area contributed by atoms with Gasteiger partial charge in [-0.05, 0) is 25.7 Å². The number of carbonyl (C=O) groups excluding carboxylic acids is 1. The molecule has 0 heterocycles. The Morgan fingerprint density at radius 2 is 1.82 bits per heavy atom. The minimum absolute atomic E-state index is 0.151. The van der Waals surface area contributed by atoms with Crippen LogP contribution in [0.3, 0.4) is 0 Å². The quantitative estimate of drug-likeness (QED) is 0.595. The van der Waals surface area contributed by atoms with Gasteiger partial charge in [-0.1, -0.05) is 20.8 Å². The highest BCUT2D eigenvalue weighted by atomic mass is 16.4. The number of rotatable bonds is 8.